The summed E-state index contributed by atoms with van der Waals surface area (Å²) in [5, 5.41) is 0. The third kappa shape index (κ3) is 4.51. The van der Waals surface area contributed by atoms with Crippen LogP contribution < -0.4 is 4.72 Å². The maximum Gasteiger partial charge on any atom is 0.240 e. The van der Waals surface area contributed by atoms with Crippen LogP contribution in [0.15, 0.2) is 29.2 Å². The van der Waals surface area contributed by atoms with E-state index in [1.807, 2.05) is 0 Å². The summed E-state index contributed by atoms with van der Waals surface area (Å²) >= 11 is 0. The van der Waals surface area contributed by atoms with Gasteiger partial charge in [-0.1, -0.05) is 19.1 Å². The molecule has 19 heavy (non-hydrogen) atoms. The van der Waals surface area contributed by atoms with E-state index in [2.05, 4.69) is 16.6 Å². The first-order chi connectivity index (χ1) is 9.01. The maximum atomic E-state index is 12.0. The predicted octanol–water partition coefficient (Wildman–Crippen LogP) is 1.97. The van der Waals surface area contributed by atoms with Crippen molar-refractivity contribution >= 4 is 15.8 Å². The zero-order valence-corrected chi connectivity index (χ0v) is 11.9. The topological polar surface area (TPSA) is 63.2 Å². The number of rotatable bonds is 6. The Kier molecular flexibility index (Phi) is 5.74. The Morgan fingerprint density at radius 2 is 2.11 bits per heavy atom. The van der Waals surface area contributed by atoms with E-state index in [0.717, 1.165) is 0 Å². The van der Waals surface area contributed by atoms with Crippen LogP contribution in [0.2, 0.25) is 0 Å². The highest BCUT2D eigenvalue weighted by Gasteiger charge is 2.14. The van der Waals surface area contributed by atoms with Gasteiger partial charge in [-0.15, -0.1) is 11.8 Å². The molecule has 0 aliphatic carbocycles. The first-order valence-corrected chi connectivity index (χ1v) is 7.52. The van der Waals surface area contributed by atoms with Gasteiger partial charge in [0.2, 0.25) is 10.0 Å². The van der Waals surface area contributed by atoms with Crippen molar-refractivity contribution < 1.29 is 13.2 Å². The molecule has 0 aromatic heterocycles. The zero-order chi connectivity index (χ0) is 14.3. The Bertz CT molecular complexity index is 609. The van der Waals surface area contributed by atoms with Crippen LogP contribution >= 0.6 is 0 Å². The van der Waals surface area contributed by atoms with Crippen molar-refractivity contribution in [2.24, 2.45) is 0 Å². The highest BCUT2D eigenvalue weighted by atomic mass is 32.2. The molecule has 1 rings (SSSR count). The summed E-state index contributed by atoms with van der Waals surface area (Å²) in [6.45, 7) is 3.70. The summed E-state index contributed by atoms with van der Waals surface area (Å²) in [4.78, 5) is 11.7. The van der Waals surface area contributed by atoms with Gasteiger partial charge in [-0.3, -0.25) is 4.79 Å². The van der Waals surface area contributed by atoms with Crippen LogP contribution in [0.3, 0.4) is 0 Å². The summed E-state index contributed by atoms with van der Waals surface area (Å²) < 4.78 is 26.4. The molecule has 0 fully saturated rings. The van der Waals surface area contributed by atoms with Crippen LogP contribution in [0.4, 0.5) is 0 Å². The monoisotopic (exact) mass is 279 g/mol. The molecular weight excluding hydrogens is 262 g/mol. The fraction of sp³-hybridized carbons (Fsp3) is 0.357. The molecular formula is C14H17NO3S. The molecule has 1 aromatic rings. The SMILES string of the molecule is CC#CCCNS(=O)(=O)c1cccc(C(=O)CC)c1. The molecule has 1 aromatic carbocycles. The molecule has 5 heteroatoms. The number of carbonyl (C=O) groups is 1. The van der Waals surface area contributed by atoms with Crippen LogP contribution in [0, 0.1) is 11.8 Å². The van der Waals surface area contributed by atoms with E-state index < -0.39 is 10.0 Å². The molecule has 0 saturated heterocycles. The molecule has 0 spiro atoms. The van der Waals surface area contributed by atoms with E-state index in [1.165, 1.54) is 12.1 Å². The highest BCUT2D eigenvalue weighted by molar-refractivity contribution is 7.89. The lowest BCUT2D eigenvalue weighted by Gasteiger charge is -2.06. The van der Waals surface area contributed by atoms with Gasteiger partial charge < -0.3 is 0 Å². The van der Waals surface area contributed by atoms with Gasteiger partial charge in [0.1, 0.15) is 0 Å². The lowest BCUT2D eigenvalue weighted by Crippen LogP contribution is -2.24. The first-order valence-electron chi connectivity index (χ1n) is 6.03. The van der Waals surface area contributed by atoms with Crippen molar-refractivity contribution in [1.29, 1.82) is 0 Å². The number of nitrogens with one attached hydrogen (secondary N) is 1. The van der Waals surface area contributed by atoms with Crippen molar-refractivity contribution in [2.45, 2.75) is 31.6 Å². The minimum absolute atomic E-state index is 0.0751. The summed E-state index contributed by atoms with van der Waals surface area (Å²) in [6.07, 6.45) is 0.812. The lowest BCUT2D eigenvalue weighted by molar-refractivity contribution is 0.0988. The Balaban J connectivity index is 2.88. The fourth-order valence-electron chi connectivity index (χ4n) is 1.50. The van der Waals surface area contributed by atoms with Gasteiger partial charge in [-0.05, 0) is 19.1 Å². The smallest absolute Gasteiger partial charge is 0.240 e. The molecule has 0 bridgehead atoms. The van der Waals surface area contributed by atoms with Crippen LogP contribution in [0.25, 0.3) is 0 Å². The van der Waals surface area contributed by atoms with Crippen molar-refractivity contribution in [3.05, 3.63) is 29.8 Å². The first kappa shape index (κ1) is 15.4. The molecule has 102 valence electrons. The number of sulfonamides is 1. The quantitative estimate of drug-likeness (QED) is 0.492. The second-order valence-corrected chi connectivity index (χ2v) is 5.65. The molecule has 0 saturated carbocycles. The van der Waals surface area contributed by atoms with Crippen molar-refractivity contribution in [3.63, 3.8) is 0 Å². The second-order valence-electron chi connectivity index (χ2n) is 3.88. The van der Waals surface area contributed by atoms with E-state index in [-0.39, 0.29) is 17.2 Å². The Labute approximate surface area is 114 Å². The third-order valence-corrected chi connectivity index (χ3v) is 3.96. The van der Waals surface area contributed by atoms with Crippen molar-refractivity contribution in [3.8, 4) is 11.8 Å². The molecule has 1 N–H and O–H groups in total. The number of hydrogen-bond acceptors (Lipinski definition) is 3. The largest absolute Gasteiger partial charge is 0.294 e. The molecule has 0 aliphatic rings. The normalized spacial score (nSPS) is 10.6. The molecule has 0 amide bonds. The van der Waals surface area contributed by atoms with Gasteiger partial charge in [0.25, 0.3) is 0 Å². The second kappa shape index (κ2) is 7.07. The van der Waals surface area contributed by atoms with E-state index in [0.29, 0.717) is 18.4 Å². The standard InChI is InChI=1S/C14H17NO3S/c1-3-5-6-10-15-19(17,18)13-9-7-8-12(11-13)14(16)4-2/h7-9,11,15H,4,6,10H2,1-2H3. The number of hydrogen-bond donors (Lipinski definition) is 1. The minimum Gasteiger partial charge on any atom is -0.294 e. The van der Waals surface area contributed by atoms with Crippen molar-refractivity contribution in [1.82, 2.24) is 4.72 Å². The summed E-state index contributed by atoms with van der Waals surface area (Å²) in [5.41, 5.74) is 0.415. The van der Waals surface area contributed by atoms with Gasteiger partial charge in [0.05, 0.1) is 4.90 Å². The van der Waals surface area contributed by atoms with E-state index in [1.54, 1.807) is 26.0 Å². The zero-order valence-electron chi connectivity index (χ0n) is 11.1. The fourth-order valence-corrected chi connectivity index (χ4v) is 2.57. The van der Waals surface area contributed by atoms with E-state index >= 15 is 0 Å². The molecule has 4 nitrogen and oxygen atoms in total. The summed E-state index contributed by atoms with van der Waals surface area (Å²) in [7, 11) is -3.57. The molecule has 0 atom stereocenters. The van der Waals surface area contributed by atoms with Crippen LogP contribution in [0.1, 0.15) is 37.0 Å². The van der Waals surface area contributed by atoms with Crippen molar-refractivity contribution in [2.75, 3.05) is 6.54 Å². The average Bonchev–Trinajstić information content (AvgIpc) is 2.43. The maximum absolute atomic E-state index is 12.0. The Morgan fingerprint density at radius 3 is 2.74 bits per heavy atom. The highest BCUT2D eigenvalue weighted by Crippen LogP contribution is 2.12. The van der Waals surface area contributed by atoms with Gasteiger partial charge in [0, 0.05) is 24.9 Å². The van der Waals surface area contributed by atoms with Gasteiger partial charge in [0.15, 0.2) is 5.78 Å². The van der Waals surface area contributed by atoms with E-state index in [4.69, 9.17) is 0 Å². The van der Waals surface area contributed by atoms with Gasteiger partial charge in [-0.25, -0.2) is 13.1 Å². The van der Waals surface area contributed by atoms with E-state index in [9.17, 15) is 13.2 Å². The van der Waals surface area contributed by atoms with Gasteiger partial charge in [-0.2, -0.15) is 0 Å². The third-order valence-electron chi connectivity index (χ3n) is 2.51. The number of Topliss-reactive ketones (excluding diaryl/α,β-unsaturated/α-hetero) is 1. The number of ketones is 1. The lowest BCUT2D eigenvalue weighted by atomic mass is 10.1. The minimum atomic E-state index is -3.57. The van der Waals surface area contributed by atoms with Crippen LogP contribution in [0.5, 0.6) is 0 Å². The summed E-state index contributed by atoms with van der Waals surface area (Å²) in [6, 6.07) is 6.07. The average molecular weight is 279 g/mol. The Morgan fingerprint density at radius 1 is 1.37 bits per heavy atom. The van der Waals surface area contributed by atoms with Crippen LogP contribution in [-0.2, 0) is 10.0 Å². The predicted molar refractivity (Wildman–Crippen MR) is 74.3 cm³/mol. The number of benzene rings is 1. The molecule has 0 unspecified atom stereocenters. The summed E-state index contributed by atoms with van der Waals surface area (Å²) in [5.74, 6) is 5.40. The number of carbonyl (C=O) groups excluding carboxylic acids is 1. The molecule has 0 heterocycles. The molecule has 0 aliphatic heterocycles. The van der Waals surface area contributed by atoms with Crippen LogP contribution in [-0.4, -0.2) is 20.7 Å². The molecule has 0 radical (unpaired) electrons. The van der Waals surface area contributed by atoms with Gasteiger partial charge >= 0.3 is 0 Å². The Hall–Kier alpha value is -1.64.